The zero-order chi connectivity index (χ0) is 17.1. The standard InChI is InChI=1S/C18H14FN3O2/c1-4-11-5-6-13(19)15(7-11)22-18-12-8-16(23-2)17(24-3)9-14(12)20-10-21-18/h1,5-10H,2-3H3,(H,20,21,22). The molecule has 1 aromatic heterocycles. The van der Waals surface area contributed by atoms with Crippen molar-refractivity contribution in [3.05, 3.63) is 48.0 Å². The van der Waals surface area contributed by atoms with Gasteiger partial charge < -0.3 is 14.8 Å². The molecule has 5 nitrogen and oxygen atoms in total. The molecule has 0 amide bonds. The van der Waals surface area contributed by atoms with Crippen molar-refractivity contribution in [1.82, 2.24) is 9.97 Å². The number of nitrogens with zero attached hydrogens (tertiary/aromatic N) is 2. The van der Waals surface area contributed by atoms with Crippen molar-refractivity contribution in [2.75, 3.05) is 19.5 Å². The zero-order valence-electron chi connectivity index (χ0n) is 13.1. The van der Waals surface area contributed by atoms with E-state index in [1.807, 2.05) is 0 Å². The van der Waals surface area contributed by atoms with E-state index in [9.17, 15) is 4.39 Å². The number of halogens is 1. The van der Waals surface area contributed by atoms with Gasteiger partial charge in [0.05, 0.1) is 25.4 Å². The van der Waals surface area contributed by atoms with E-state index in [2.05, 4.69) is 21.2 Å². The Morgan fingerprint density at radius 1 is 1.08 bits per heavy atom. The summed E-state index contributed by atoms with van der Waals surface area (Å²) in [4.78, 5) is 8.40. The van der Waals surface area contributed by atoms with Crippen molar-refractivity contribution in [2.45, 2.75) is 0 Å². The Bertz CT molecular complexity index is 951. The van der Waals surface area contributed by atoms with Crippen LogP contribution in [-0.2, 0) is 0 Å². The summed E-state index contributed by atoms with van der Waals surface area (Å²) in [6.07, 6.45) is 6.75. The molecule has 2 aromatic carbocycles. The first kappa shape index (κ1) is 15.6. The average molecular weight is 323 g/mol. The molecular weight excluding hydrogens is 309 g/mol. The third-order valence-electron chi connectivity index (χ3n) is 3.53. The van der Waals surface area contributed by atoms with Crippen molar-refractivity contribution in [3.63, 3.8) is 0 Å². The van der Waals surface area contributed by atoms with Crippen LogP contribution in [0.15, 0.2) is 36.7 Å². The van der Waals surface area contributed by atoms with Crippen LogP contribution in [0.5, 0.6) is 11.5 Å². The second-order valence-electron chi connectivity index (χ2n) is 4.91. The maximum absolute atomic E-state index is 14.0. The average Bonchev–Trinajstić information content (AvgIpc) is 2.62. The van der Waals surface area contributed by atoms with E-state index >= 15 is 0 Å². The molecule has 3 aromatic rings. The first-order chi connectivity index (χ1) is 11.7. The topological polar surface area (TPSA) is 56.3 Å². The molecule has 120 valence electrons. The molecule has 0 unspecified atom stereocenters. The summed E-state index contributed by atoms with van der Waals surface area (Å²) in [5, 5.41) is 3.63. The highest BCUT2D eigenvalue weighted by Gasteiger charge is 2.12. The Hall–Kier alpha value is -3.33. The van der Waals surface area contributed by atoms with Gasteiger partial charge in [0.15, 0.2) is 11.5 Å². The lowest BCUT2D eigenvalue weighted by molar-refractivity contribution is 0.356. The van der Waals surface area contributed by atoms with E-state index in [4.69, 9.17) is 15.9 Å². The quantitative estimate of drug-likeness (QED) is 0.745. The van der Waals surface area contributed by atoms with Gasteiger partial charge in [0.25, 0.3) is 0 Å². The summed E-state index contributed by atoms with van der Waals surface area (Å²) in [7, 11) is 3.08. The van der Waals surface area contributed by atoms with Gasteiger partial charge in [0.1, 0.15) is 18.0 Å². The van der Waals surface area contributed by atoms with Gasteiger partial charge in [-0.15, -0.1) is 6.42 Å². The Labute approximate surface area is 138 Å². The van der Waals surface area contributed by atoms with E-state index in [-0.39, 0.29) is 5.69 Å². The number of hydrogen-bond donors (Lipinski definition) is 1. The van der Waals surface area contributed by atoms with E-state index in [1.165, 1.54) is 25.6 Å². The highest BCUT2D eigenvalue weighted by molar-refractivity contribution is 5.93. The second kappa shape index (κ2) is 6.42. The van der Waals surface area contributed by atoms with Crippen LogP contribution in [0.25, 0.3) is 10.9 Å². The lowest BCUT2D eigenvalue weighted by Gasteiger charge is -2.12. The summed E-state index contributed by atoms with van der Waals surface area (Å²) < 4.78 is 24.6. The summed E-state index contributed by atoms with van der Waals surface area (Å²) in [6, 6.07) is 7.86. The molecule has 0 fully saturated rings. The van der Waals surface area contributed by atoms with Crippen LogP contribution in [0.3, 0.4) is 0 Å². The minimum atomic E-state index is -0.429. The van der Waals surface area contributed by atoms with E-state index < -0.39 is 5.82 Å². The van der Waals surface area contributed by atoms with Gasteiger partial charge >= 0.3 is 0 Å². The van der Waals surface area contributed by atoms with Gasteiger partial charge in [0, 0.05) is 17.0 Å². The molecule has 0 radical (unpaired) electrons. The molecule has 0 spiro atoms. The van der Waals surface area contributed by atoms with Crippen molar-refractivity contribution in [3.8, 4) is 23.8 Å². The Morgan fingerprint density at radius 3 is 2.54 bits per heavy atom. The molecular formula is C18H14FN3O2. The van der Waals surface area contributed by atoms with Crippen molar-refractivity contribution >= 4 is 22.4 Å². The lowest BCUT2D eigenvalue weighted by atomic mass is 10.1. The number of methoxy groups -OCH3 is 2. The molecule has 0 saturated heterocycles. The molecule has 0 aliphatic carbocycles. The zero-order valence-corrected chi connectivity index (χ0v) is 13.1. The lowest BCUT2D eigenvalue weighted by Crippen LogP contribution is -2.00. The van der Waals surface area contributed by atoms with Crippen LogP contribution in [0, 0.1) is 18.2 Å². The van der Waals surface area contributed by atoms with Crippen molar-refractivity contribution < 1.29 is 13.9 Å². The molecule has 0 aliphatic heterocycles. The van der Waals surface area contributed by atoms with E-state index in [1.54, 1.807) is 25.3 Å². The first-order valence-corrected chi connectivity index (χ1v) is 7.06. The van der Waals surface area contributed by atoms with Crippen LogP contribution in [0.1, 0.15) is 5.56 Å². The Morgan fingerprint density at radius 2 is 1.83 bits per heavy atom. The predicted octanol–water partition coefficient (Wildman–Crippen LogP) is 3.51. The van der Waals surface area contributed by atoms with Gasteiger partial charge in [-0.3, -0.25) is 0 Å². The number of ether oxygens (including phenoxy) is 2. The van der Waals surface area contributed by atoms with Gasteiger partial charge in [-0.2, -0.15) is 0 Å². The van der Waals surface area contributed by atoms with E-state index in [0.29, 0.717) is 33.8 Å². The second-order valence-corrected chi connectivity index (χ2v) is 4.91. The Kier molecular flexibility index (Phi) is 4.17. The minimum absolute atomic E-state index is 0.236. The molecule has 1 N–H and O–H groups in total. The van der Waals surface area contributed by atoms with Crippen LogP contribution in [-0.4, -0.2) is 24.2 Å². The summed E-state index contributed by atoms with van der Waals surface area (Å²) in [5.74, 6) is 3.56. The molecule has 0 saturated carbocycles. The third kappa shape index (κ3) is 2.79. The number of nitrogens with one attached hydrogen (secondary N) is 1. The monoisotopic (exact) mass is 323 g/mol. The molecule has 24 heavy (non-hydrogen) atoms. The smallest absolute Gasteiger partial charge is 0.162 e. The van der Waals surface area contributed by atoms with Crippen molar-refractivity contribution in [2.24, 2.45) is 0 Å². The molecule has 6 heteroatoms. The number of fused-ring (bicyclic) bond motifs is 1. The number of hydrogen-bond acceptors (Lipinski definition) is 5. The van der Waals surface area contributed by atoms with Crippen LogP contribution >= 0.6 is 0 Å². The SMILES string of the molecule is C#Cc1ccc(F)c(Nc2ncnc3cc(OC)c(OC)cc23)c1. The fourth-order valence-corrected chi connectivity index (χ4v) is 2.32. The number of benzene rings is 2. The highest BCUT2D eigenvalue weighted by Crippen LogP contribution is 2.34. The maximum atomic E-state index is 14.0. The fraction of sp³-hybridized carbons (Fsp3) is 0.111. The predicted molar refractivity (Wildman–Crippen MR) is 90.3 cm³/mol. The fourth-order valence-electron chi connectivity index (χ4n) is 2.32. The molecule has 0 atom stereocenters. The van der Waals surface area contributed by atoms with Crippen LogP contribution in [0.2, 0.25) is 0 Å². The first-order valence-electron chi connectivity index (χ1n) is 7.06. The van der Waals surface area contributed by atoms with Crippen molar-refractivity contribution in [1.29, 1.82) is 0 Å². The number of rotatable bonds is 4. The van der Waals surface area contributed by atoms with Gasteiger partial charge in [-0.05, 0) is 24.3 Å². The van der Waals surface area contributed by atoms with Crippen LogP contribution in [0.4, 0.5) is 15.9 Å². The minimum Gasteiger partial charge on any atom is -0.493 e. The number of aromatic nitrogens is 2. The molecule has 1 heterocycles. The highest BCUT2D eigenvalue weighted by atomic mass is 19.1. The largest absolute Gasteiger partial charge is 0.493 e. The van der Waals surface area contributed by atoms with Gasteiger partial charge in [0.2, 0.25) is 0 Å². The molecule has 3 rings (SSSR count). The van der Waals surface area contributed by atoms with Crippen LogP contribution < -0.4 is 14.8 Å². The maximum Gasteiger partial charge on any atom is 0.162 e. The normalized spacial score (nSPS) is 10.2. The Balaban J connectivity index is 2.12. The van der Waals surface area contributed by atoms with Gasteiger partial charge in [-0.1, -0.05) is 5.92 Å². The van der Waals surface area contributed by atoms with E-state index in [0.717, 1.165) is 0 Å². The molecule has 0 aliphatic rings. The third-order valence-corrected chi connectivity index (χ3v) is 3.53. The summed E-state index contributed by atoms with van der Waals surface area (Å²) in [6.45, 7) is 0. The summed E-state index contributed by atoms with van der Waals surface area (Å²) in [5.41, 5.74) is 1.44. The number of terminal acetylenes is 1. The summed E-state index contributed by atoms with van der Waals surface area (Å²) >= 11 is 0. The number of anilines is 2. The molecule has 0 bridgehead atoms. The van der Waals surface area contributed by atoms with Gasteiger partial charge in [-0.25, -0.2) is 14.4 Å².